The van der Waals surface area contributed by atoms with E-state index >= 15 is 0 Å². The average molecular weight is 217 g/mol. The van der Waals surface area contributed by atoms with Crippen LogP contribution in [0.1, 0.15) is 6.42 Å². The van der Waals surface area contributed by atoms with E-state index in [2.05, 4.69) is 18.2 Å². The number of hydrogen-bond donors (Lipinski definition) is 2. The maximum Gasteiger partial charge on any atom is 0.0978 e. The van der Waals surface area contributed by atoms with Gasteiger partial charge in [0, 0.05) is 39.3 Å². The minimum atomic E-state index is -0.486. The number of nitrogens with zero attached hydrogens (tertiary/aromatic N) is 1. The molecular weight excluding hydrogens is 209 g/mol. The molecule has 0 aromatic carbocycles. The quantitative estimate of drug-likeness (QED) is 0.368. The van der Waals surface area contributed by atoms with Gasteiger partial charge in [-0.25, -0.2) is 0 Å². The predicted molar refractivity (Wildman–Crippen MR) is 32.6 cm³/mol. The molecule has 2 N–H and O–H groups in total. The van der Waals surface area contributed by atoms with Crippen molar-refractivity contribution < 1.29 is 42.6 Å². The number of hydrazone groups is 1. The first-order valence-corrected chi connectivity index (χ1v) is 2.42. The maximum absolute atomic E-state index is 9.99. The number of aliphatic hydroxyl groups excluding tert-OH is 1. The molecule has 0 aliphatic rings. The monoisotopic (exact) mass is 217 g/mol. The Morgan fingerprint density at radius 1 is 1.80 bits per heavy atom. The molecule has 10 heavy (non-hydrogen) atoms. The molecule has 0 bridgehead atoms. The number of carbonyl (C=O) groups is 1. The Kier molecular flexibility index (Phi) is 11.5. The van der Waals surface area contributed by atoms with E-state index in [4.69, 9.17) is 5.11 Å². The molecule has 0 atom stereocenters. The zero-order valence-corrected chi connectivity index (χ0v) is 8.34. The van der Waals surface area contributed by atoms with Crippen LogP contribution in [0, 0.1) is 6.92 Å². The Bertz CT molecular complexity index is 116. The Morgan fingerprint density at radius 3 is 2.80 bits per heavy atom. The fourth-order valence-corrected chi connectivity index (χ4v) is 0.208. The summed E-state index contributed by atoms with van der Waals surface area (Å²) in [5, 5.41) is 11.5. The Labute approximate surface area is 85.0 Å². The largest absolute Gasteiger partial charge is 0.400 e. The van der Waals surface area contributed by atoms with E-state index in [1.165, 1.54) is 0 Å². The van der Waals surface area contributed by atoms with Crippen molar-refractivity contribution in [3.63, 3.8) is 0 Å². The molecule has 0 fully saturated rings. The fourth-order valence-electron chi connectivity index (χ4n) is 0.208. The van der Waals surface area contributed by atoms with E-state index in [-0.39, 0.29) is 39.3 Å². The van der Waals surface area contributed by atoms with Crippen LogP contribution in [-0.2, 0) is 37.5 Å². The second kappa shape index (κ2) is 9.07. The molecule has 0 unspecified atom stereocenters. The molecule has 1 amide bonds. The number of aliphatic hydroxyl groups is 1. The van der Waals surface area contributed by atoms with Gasteiger partial charge in [-0.1, -0.05) is 0 Å². The van der Waals surface area contributed by atoms with E-state index in [1.54, 1.807) is 0 Å². The second-order valence-corrected chi connectivity index (χ2v) is 1.28. The second-order valence-electron chi connectivity index (χ2n) is 1.28. The van der Waals surface area contributed by atoms with Gasteiger partial charge in [-0.2, -0.15) is 0 Å². The standard InChI is InChI=1S/C5H8N2O2.Y/c1-5(9)7-6-3-2-4-8;/h8H,1-2,4H2,(H,7,9);/q-2;. The zero-order chi connectivity index (χ0) is 7.11. The number of carbonyl (C=O) groups excluding carboxylic acids is 1. The number of hydrogen-bond acceptors (Lipinski definition) is 3. The zero-order valence-electron chi connectivity index (χ0n) is 5.50. The topological polar surface area (TPSA) is 61.7 Å². The van der Waals surface area contributed by atoms with Crippen LogP contribution >= 0.6 is 0 Å². The van der Waals surface area contributed by atoms with Crippen molar-refractivity contribution in [1.82, 2.24) is 5.43 Å². The van der Waals surface area contributed by atoms with E-state index < -0.39 is 5.91 Å². The Hall–Kier alpha value is 0.0739. The molecule has 0 saturated carbocycles. The number of nitrogens with one attached hydrogen (secondary N) is 1. The summed E-state index contributed by atoms with van der Waals surface area (Å²) in [6, 6.07) is 0. The molecule has 55 valence electrons. The summed E-state index contributed by atoms with van der Waals surface area (Å²) in [5.41, 5.74) is 2.03. The molecule has 4 nitrogen and oxygen atoms in total. The smallest absolute Gasteiger partial charge is 0.0978 e. The Balaban J connectivity index is 0. The summed E-state index contributed by atoms with van der Waals surface area (Å²) >= 11 is 0. The van der Waals surface area contributed by atoms with Gasteiger partial charge in [0.2, 0.25) is 0 Å². The first-order valence-electron chi connectivity index (χ1n) is 2.42. The fraction of sp³-hybridized carbons (Fsp3) is 0.400. The van der Waals surface area contributed by atoms with Crippen molar-refractivity contribution in [2.24, 2.45) is 5.10 Å². The molecule has 0 spiro atoms. The van der Waals surface area contributed by atoms with Crippen LogP contribution < -0.4 is 5.43 Å². The van der Waals surface area contributed by atoms with Crippen molar-refractivity contribution in [3.05, 3.63) is 6.92 Å². The van der Waals surface area contributed by atoms with Gasteiger partial charge in [-0.05, 0) is 0 Å². The summed E-state index contributed by atoms with van der Waals surface area (Å²) in [5.74, 6) is -0.486. The number of rotatable bonds is 3. The van der Waals surface area contributed by atoms with E-state index in [9.17, 15) is 4.79 Å². The summed E-state index contributed by atoms with van der Waals surface area (Å²) < 4.78 is 0. The summed E-state index contributed by atoms with van der Waals surface area (Å²) in [7, 11) is 0. The van der Waals surface area contributed by atoms with Crippen LogP contribution in [-0.4, -0.2) is 23.8 Å². The van der Waals surface area contributed by atoms with Gasteiger partial charge >= 0.3 is 0 Å². The van der Waals surface area contributed by atoms with Gasteiger partial charge in [0.15, 0.2) is 0 Å². The van der Waals surface area contributed by atoms with Crippen molar-refractivity contribution >= 4 is 12.1 Å². The first kappa shape index (κ1) is 12.7. The molecule has 5 heteroatoms. The van der Waals surface area contributed by atoms with Crippen LogP contribution in [0.15, 0.2) is 5.10 Å². The number of amides is 1. The van der Waals surface area contributed by atoms with Gasteiger partial charge in [-0.3, -0.25) is 0 Å². The predicted octanol–water partition coefficient (Wildman–Crippen LogP) is -0.821. The van der Waals surface area contributed by atoms with Crippen LogP contribution in [0.2, 0.25) is 0 Å². The van der Waals surface area contributed by atoms with Crippen LogP contribution in [0.5, 0.6) is 0 Å². The minimum absolute atomic E-state index is 0. The third-order valence-corrected chi connectivity index (χ3v) is 0.483. The SMILES string of the molecule is [CH2-]C(=O)NN=[C-]CCO.[Y]. The van der Waals surface area contributed by atoms with Crippen LogP contribution in [0.25, 0.3) is 0 Å². The molecule has 0 saturated heterocycles. The third kappa shape index (κ3) is 11.0. The van der Waals surface area contributed by atoms with Crippen molar-refractivity contribution in [2.45, 2.75) is 6.42 Å². The third-order valence-electron chi connectivity index (χ3n) is 0.483. The van der Waals surface area contributed by atoms with Crippen molar-refractivity contribution in [2.75, 3.05) is 6.61 Å². The average Bonchev–Trinajstić information content (AvgIpc) is 1.80. The molecule has 0 aromatic heterocycles. The van der Waals surface area contributed by atoms with Crippen molar-refractivity contribution in [3.8, 4) is 0 Å². The summed E-state index contributed by atoms with van der Waals surface area (Å²) in [4.78, 5) is 9.99. The summed E-state index contributed by atoms with van der Waals surface area (Å²) in [6.07, 6.45) is 2.69. The van der Waals surface area contributed by atoms with E-state index in [1.807, 2.05) is 5.43 Å². The molecular formula is C5H8N2O2Y-2. The van der Waals surface area contributed by atoms with Crippen LogP contribution in [0.4, 0.5) is 0 Å². The van der Waals surface area contributed by atoms with E-state index in [0.717, 1.165) is 0 Å². The van der Waals surface area contributed by atoms with Crippen LogP contribution in [0.3, 0.4) is 0 Å². The van der Waals surface area contributed by atoms with Crippen molar-refractivity contribution in [1.29, 1.82) is 0 Å². The molecule has 1 radical (unpaired) electrons. The van der Waals surface area contributed by atoms with Gasteiger partial charge in [-0.15, -0.1) is 6.42 Å². The van der Waals surface area contributed by atoms with Gasteiger partial charge < -0.3 is 33.6 Å². The van der Waals surface area contributed by atoms with Gasteiger partial charge in [0.1, 0.15) is 0 Å². The molecule has 0 rings (SSSR count). The minimum Gasteiger partial charge on any atom is -0.400 e. The normalized spacial score (nSPS) is 8.90. The van der Waals surface area contributed by atoms with Gasteiger partial charge in [0.25, 0.3) is 0 Å². The van der Waals surface area contributed by atoms with E-state index in [0.29, 0.717) is 6.42 Å². The molecule has 0 aliphatic heterocycles. The molecule has 0 heterocycles. The summed E-state index contributed by atoms with van der Waals surface area (Å²) in [6.45, 7) is 2.97. The van der Waals surface area contributed by atoms with Gasteiger partial charge in [0.05, 0.1) is 5.91 Å². The Morgan fingerprint density at radius 2 is 2.40 bits per heavy atom. The molecule has 0 aromatic rings. The first-order chi connectivity index (χ1) is 4.27. The maximum atomic E-state index is 9.99. The molecule has 0 aliphatic carbocycles.